The van der Waals surface area contributed by atoms with Crippen molar-refractivity contribution in [2.75, 3.05) is 6.61 Å². The van der Waals surface area contributed by atoms with E-state index < -0.39 is 5.97 Å². The predicted octanol–water partition coefficient (Wildman–Crippen LogP) is 3.39. The van der Waals surface area contributed by atoms with Crippen LogP contribution in [0.5, 0.6) is 5.75 Å². The number of rotatable bonds is 8. The maximum atomic E-state index is 12.3. The van der Waals surface area contributed by atoms with Crippen LogP contribution in [0.15, 0.2) is 24.4 Å². The van der Waals surface area contributed by atoms with E-state index in [0.717, 1.165) is 17.3 Å². The van der Waals surface area contributed by atoms with Gasteiger partial charge in [-0.3, -0.25) is 9.59 Å². The van der Waals surface area contributed by atoms with Crippen LogP contribution in [0, 0.1) is 0 Å². The molecule has 0 saturated carbocycles. The van der Waals surface area contributed by atoms with Gasteiger partial charge in [0.15, 0.2) is 5.78 Å². The highest BCUT2D eigenvalue weighted by Crippen LogP contribution is 2.30. The number of carboxylic acid groups (broad SMARTS) is 1. The Hall–Kier alpha value is -2.30. The van der Waals surface area contributed by atoms with Gasteiger partial charge in [-0.1, -0.05) is 13.0 Å². The number of Topliss-reactive ketones (excluding diaryl/α,β-unsaturated/α-hetero) is 1. The number of carboxylic acids is 1. The van der Waals surface area contributed by atoms with Crippen LogP contribution in [-0.4, -0.2) is 28.4 Å². The summed E-state index contributed by atoms with van der Waals surface area (Å²) in [6, 6.07) is 5.62. The first-order valence-corrected chi connectivity index (χ1v) is 7.11. The molecule has 0 aliphatic carbocycles. The summed E-state index contributed by atoms with van der Waals surface area (Å²) in [5, 5.41) is 9.42. The van der Waals surface area contributed by atoms with Crippen molar-refractivity contribution in [2.24, 2.45) is 0 Å². The number of benzene rings is 1. The lowest BCUT2D eigenvalue weighted by Gasteiger charge is -2.07. The molecule has 5 heteroatoms. The number of aromatic nitrogens is 1. The maximum absolute atomic E-state index is 12.3. The summed E-state index contributed by atoms with van der Waals surface area (Å²) < 4.78 is 5.69. The number of carbonyl (C=O) groups excluding carboxylic acids is 1. The topological polar surface area (TPSA) is 79.4 Å². The Balaban J connectivity index is 2.22. The molecule has 0 saturated heterocycles. The Bertz CT molecular complexity index is 645. The van der Waals surface area contributed by atoms with Gasteiger partial charge in [0.05, 0.1) is 12.0 Å². The van der Waals surface area contributed by atoms with Crippen molar-refractivity contribution in [1.82, 2.24) is 4.98 Å². The van der Waals surface area contributed by atoms with Crippen molar-refractivity contribution in [3.05, 3.63) is 30.0 Å². The van der Waals surface area contributed by atoms with Crippen LogP contribution in [-0.2, 0) is 4.79 Å². The van der Waals surface area contributed by atoms with E-state index in [-0.39, 0.29) is 18.6 Å². The van der Waals surface area contributed by atoms with Crippen molar-refractivity contribution in [3.63, 3.8) is 0 Å². The SMILES string of the molecule is CCCOc1cccc2[nH]cc(C(=O)CCCC(=O)O)c12. The molecule has 1 aromatic carbocycles. The number of carbonyl (C=O) groups is 2. The summed E-state index contributed by atoms with van der Waals surface area (Å²) >= 11 is 0. The minimum Gasteiger partial charge on any atom is -0.493 e. The van der Waals surface area contributed by atoms with E-state index in [1.807, 2.05) is 25.1 Å². The normalized spacial score (nSPS) is 10.7. The molecule has 0 spiro atoms. The van der Waals surface area contributed by atoms with E-state index in [1.54, 1.807) is 6.20 Å². The number of ether oxygens (including phenoxy) is 1. The molecule has 0 fully saturated rings. The Labute approximate surface area is 122 Å². The second kappa shape index (κ2) is 6.92. The molecule has 2 N–H and O–H groups in total. The van der Waals surface area contributed by atoms with Crippen LogP contribution >= 0.6 is 0 Å². The fraction of sp³-hybridized carbons (Fsp3) is 0.375. The molecule has 1 aromatic heterocycles. The number of aromatic amines is 1. The van der Waals surface area contributed by atoms with Crippen molar-refractivity contribution >= 4 is 22.7 Å². The Morgan fingerprint density at radius 1 is 1.29 bits per heavy atom. The third-order valence-electron chi connectivity index (χ3n) is 3.22. The quantitative estimate of drug-likeness (QED) is 0.730. The lowest BCUT2D eigenvalue weighted by molar-refractivity contribution is -0.137. The zero-order chi connectivity index (χ0) is 15.2. The number of nitrogens with one attached hydrogen (secondary N) is 1. The van der Waals surface area contributed by atoms with Crippen molar-refractivity contribution < 1.29 is 19.4 Å². The summed E-state index contributed by atoms with van der Waals surface area (Å²) in [6.07, 6.45) is 3.14. The zero-order valence-electron chi connectivity index (χ0n) is 12.0. The summed E-state index contributed by atoms with van der Waals surface area (Å²) in [7, 11) is 0. The Kier molecular flexibility index (Phi) is 4.98. The summed E-state index contributed by atoms with van der Waals surface area (Å²) in [5.41, 5.74) is 1.42. The second-order valence-electron chi connectivity index (χ2n) is 4.90. The molecule has 21 heavy (non-hydrogen) atoms. The number of hydrogen-bond acceptors (Lipinski definition) is 3. The van der Waals surface area contributed by atoms with Crippen molar-refractivity contribution in [2.45, 2.75) is 32.6 Å². The van der Waals surface area contributed by atoms with E-state index in [1.165, 1.54) is 0 Å². The minimum atomic E-state index is -0.881. The number of aliphatic carboxylic acids is 1. The second-order valence-corrected chi connectivity index (χ2v) is 4.90. The van der Waals surface area contributed by atoms with Gasteiger partial charge in [-0.25, -0.2) is 0 Å². The monoisotopic (exact) mass is 289 g/mol. The molecule has 0 radical (unpaired) electrons. The van der Waals surface area contributed by atoms with E-state index >= 15 is 0 Å². The smallest absolute Gasteiger partial charge is 0.303 e. The van der Waals surface area contributed by atoms with Gasteiger partial charge >= 0.3 is 5.97 Å². The van der Waals surface area contributed by atoms with E-state index in [9.17, 15) is 9.59 Å². The van der Waals surface area contributed by atoms with Gasteiger partial charge in [-0.2, -0.15) is 0 Å². The molecule has 2 aromatic rings. The molecule has 1 heterocycles. The lowest BCUT2D eigenvalue weighted by Crippen LogP contribution is -2.02. The Morgan fingerprint density at radius 2 is 2.10 bits per heavy atom. The Morgan fingerprint density at radius 3 is 2.81 bits per heavy atom. The molecule has 0 bridgehead atoms. The number of hydrogen-bond donors (Lipinski definition) is 2. The van der Waals surface area contributed by atoms with Crippen LogP contribution < -0.4 is 4.74 Å². The van der Waals surface area contributed by atoms with Crippen molar-refractivity contribution in [3.8, 4) is 5.75 Å². The number of H-pyrrole nitrogens is 1. The molecular weight excluding hydrogens is 270 g/mol. The molecule has 112 valence electrons. The molecule has 0 atom stereocenters. The molecule has 0 aliphatic rings. The first-order valence-electron chi connectivity index (χ1n) is 7.11. The van der Waals surface area contributed by atoms with Gasteiger partial charge in [-0.15, -0.1) is 0 Å². The predicted molar refractivity (Wildman–Crippen MR) is 79.9 cm³/mol. The van der Waals surface area contributed by atoms with Gasteiger partial charge in [0.2, 0.25) is 0 Å². The highest BCUT2D eigenvalue weighted by Gasteiger charge is 2.16. The first kappa shape index (κ1) is 15.1. The van der Waals surface area contributed by atoms with Crippen molar-refractivity contribution in [1.29, 1.82) is 0 Å². The van der Waals surface area contributed by atoms with Gasteiger partial charge in [-0.05, 0) is 25.0 Å². The van der Waals surface area contributed by atoms with E-state index in [2.05, 4.69) is 4.98 Å². The van der Waals surface area contributed by atoms with Gasteiger partial charge < -0.3 is 14.8 Å². The first-order chi connectivity index (χ1) is 10.1. The summed E-state index contributed by atoms with van der Waals surface area (Å²) in [5.74, 6) is -0.249. The third kappa shape index (κ3) is 3.62. The fourth-order valence-corrected chi connectivity index (χ4v) is 2.24. The average Bonchev–Trinajstić information content (AvgIpc) is 2.89. The third-order valence-corrected chi connectivity index (χ3v) is 3.22. The van der Waals surface area contributed by atoms with E-state index in [0.29, 0.717) is 24.3 Å². The van der Waals surface area contributed by atoms with Gasteiger partial charge in [0.1, 0.15) is 5.75 Å². The zero-order valence-corrected chi connectivity index (χ0v) is 12.0. The molecule has 0 amide bonds. The van der Waals surface area contributed by atoms with Crippen LogP contribution in [0.2, 0.25) is 0 Å². The molecule has 2 rings (SSSR count). The molecule has 0 aliphatic heterocycles. The molecule has 5 nitrogen and oxygen atoms in total. The van der Waals surface area contributed by atoms with Gasteiger partial charge in [0.25, 0.3) is 0 Å². The summed E-state index contributed by atoms with van der Waals surface area (Å²) in [6.45, 7) is 2.62. The highest BCUT2D eigenvalue weighted by molar-refractivity contribution is 6.10. The van der Waals surface area contributed by atoms with Gasteiger partial charge in [0, 0.05) is 30.1 Å². The highest BCUT2D eigenvalue weighted by atomic mass is 16.5. The van der Waals surface area contributed by atoms with Crippen LogP contribution in [0.1, 0.15) is 43.0 Å². The number of ketones is 1. The van der Waals surface area contributed by atoms with Crippen LogP contribution in [0.4, 0.5) is 0 Å². The average molecular weight is 289 g/mol. The van der Waals surface area contributed by atoms with Crippen LogP contribution in [0.3, 0.4) is 0 Å². The van der Waals surface area contributed by atoms with Crippen LogP contribution in [0.25, 0.3) is 10.9 Å². The maximum Gasteiger partial charge on any atom is 0.303 e. The molecular formula is C16H19NO4. The standard InChI is InChI=1S/C16H19NO4/c1-2-9-21-14-7-3-5-12-16(14)11(10-17-12)13(18)6-4-8-15(19)20/h3,5,7,10,17H,2,4,6,8-9H2,1H3,(H,19,20). The summed E-state index contributed by atoms with van der Waals surface area (Å²) in [4.78, 5) is 25.8. The fourth-order valence-electron chi connectivity index (χ4n) is 2.24. The number of fused-ring (bicyclic) bond motifs is 1. The lowest BCUT2D eigenvalue weighted by atomic mass is 10.0. The van der Waals surface area contributed by atoms with E-state index in [4.69, 9.17) is 9.84 Å². The molecule has 0 unspecified atom stereocenters. The largest absolute Gasteiger partial charge is 0.493 e. The minimum absolute atomic E-state index is 0.00723.